The molecule has 1 saturated heterocycles. The summed E-state index contributed by atoms with van der Waals surface area (Å²) in [5, 5.41) is 11.8. The number of hydrogen-bond acceptors (Lipinski definition) is 3. The van der Waals surface area contributed by atoms with Crippen molar-refractivity contribution in [1.29, 1.82) is 0 Å². The maximum absolute atomic E-state index is 14.0. The van der Waals surface area contributed by atoms with E-state index >= 15 is 0 Å². The van der Waals surface area contributed by atoms with Crippen molar-refractivity contribution < 1.29 is 9.60 Å². The van der Waals surface area contributed by atoms with Crippen LogP contribution in [0.5, 0.6) is 0 Å². The van der Waals surface area contributed by atoms with E-state index in [0.29, 0.717) is 17.8 Å². The van der Waals surface area contributed by atoms with Crippen LogP contribution >= 0.6 is 0 Å². The maximum Gasteiger partial charge on any atom is 0.175 e. The van der Waals surface area contributed by atoms with Crippen LogP contribution in [0, 0.1) is 5.82 Å². The van der Waals surface area contributed by atoms with Gasteiger partial charge >= 0.3 is 0 Å². The SMILES string of the molecule is CCC1CCC(C)N1c1cccc(F)c1/C(N)=N/O. The Kier molecular flexibility index (Phi) is 3.93. The Morgan fingerprint density at radius 3 is 2.89 bits per heavy atom. The van der Waals surface area contributed by atoms with Crippen LogP contribution in [-0.4, -0.2) is 23.1 Å². The van der Waals surface area contributed by atoms with Crippen LogP contribution in [0.4, 0.5) is 10.1 Å². The van der Waals surface area contributed by atoms with E-state index in [1.54, 1.807) is 6.07 Å². The third-order valence-corrected chi connectivity index (χ3v) is 3.89. The Bertz CT molecular complexity index is 490. The lowest BCUT2D eigenvalue weighted by molar-refractivity contribution is 0.318. The molecule has 3 N–H and O–H groups in total. The summed E-state index contributed by atoms with van der Waals surface area (Å²) in [4.78, 5) is 2.19. The fourth-order valence-corrected chi connectivity index (χ4v) is 2.94. The van der Waals surface area contributed by atoms with E-state index in [-0.39, 0.29) is 11.4 Å². The summed E-state index contributed by atoms with van der Waals surface area (Å²) in [5.74, 6) is -0.635. The van der Waals surface area contributed by atoms with Crippen molar-refractivity contribution in [2.75, 3.05) is 4.90 Å². The molecular weight excluding hydrogens is 245 g/mol. The number of rotatable bonds is 3. The maximum atomic E-state index is 14.0. The zero-order valence-corrected chi connectivity index (χ0v) is 11.3. The van der Waals surface area contributed by atoms with Crippen molar-refractivity contribution in [3.63, 3.8) is 0 Å². The zero-order chi connectivity index (χ0) is 14.0. The smallest absolute Gasteiger partial charge is 0.175 e. The van der Waals surface area contributed by atoms with E-state index in [9.17, 15) is 4.39 Å². The molecule has 0 bridgehead atoms. The molecule has 0 saturated carbocycles. The number of amidine groups is 1. The molecule has 5 heteroatoms. The Labute approximate surface area is 112 Å². The average Bonchev–Trinajstić information content (AvgIpc) is 2.78. The first kappa shape index (κ1) is 13.6. The fraction of sp³-hybridized carbons (Fsp3) is 0.500. The lowest BCUT2D eigenvalue weighted by Gasteiger charge is -2.32. The van der Waals surface area contributed by atoms with Crippen molar-refractivity contribution in [2.24, 2.45) is 10.9 Å². The van der Waals surface area contributed by atoms with Crippen molar-refractivity contribution >= 4 is 11.5 Å². The van der Waals surface area contributed by atoms with Gasteiger partial charge in [0.1, 0.15) is 5.82 Å². The van der Waals surface area contributed by atoms with E-state index in [1.807, 2.05) is 6.07 Å². The lowest BCUT2D eigenvalue weighted by Crippen LogP contribution is -2.36. The van der Waals surface area contributed by atoms with Gasteiger partial charge < -0.3 is 15.8 Å². The molecule has 1 fully saturated rings. The second kappa shape index (κ2) is 5.47. The third-order valence-electron chi connectivity index (χ3n) is 3.89. The highest BCUT2D eigenvalue weighted by Crippen LogP contribution is 2.34. The molecule has 1 aromatic rings. The van der Waals surface area contributed by atoms with Crippen LogP contribution in [0.2, 0.25) is 0 Å². The first-order valence-electron chi connectivity index (χ1n) is 6.64. The molecule has 2 rings (SSSR count). The summed E-state index contributed by atoms with van der Waals surface area (Å²) in [7, 11) is 0. The number of halogens is 1. The number of hydrogen-bond donors (Lipinski definition) is 2. The molecule has 104 valence electrons. The predicted molar refractivity (Wildman–Crippen MR) is 74.2 cm³/mol. The van der Waals surface area contributed by atoms with Gasteiger partial charge in [-0.05, 0) is 38.3 Å². The summed E-state index contributed by atoms with van der Waals surface area (Å²) in [6.07, 6.45) is 3.16. The molecule has 0 spiro atoms. The standard InChI is InChI=1S/C14H20FN3O/c1-3-10-8-7-9(2)18(10)12-6-4-5-11(15)13(12)14(16)17-19/h4-6,9-10,19H,3,7-8H2,1-2H3,(H2,16,17). The summed E-state index contributed by atoms with van der Waals surface area (Å²) in [6.45, 7) is 4.24. The van der Waals surface area contributed by atoms with Gasteiger partial charge in [0.05, 0.1) is 11.3 Å². The molecule has 0 aliphatic carbocycles. The molecule has 19 heavy (non-hydrogen) atoms. The highest BCUT2D eigenvalue weighted by molar-refractivity contribution is 6.02. The van der Waals surface area contributed by atoms with Crippen molar-refractivity contribution in [3.05, 3.63) is 29.6 Å². The van der Waals surface area contributed by atoms with Crippen LogP contribution in [0.15, 0.2) is 23.4 Å². The largest absolute Gasteiger partial charge is 0.409 e. The second-order valence-electron chi connectivity index (χ2n) is 5.01. The predicted octanol–water partition coefficient (Wildman–Crippen LogP) is 2.69. The molecule has 0 amide bonds. The first-order chi connectivity index (χ1) is 9.10. The minimum atomic E-state index is -0.457. The molecule has 2 unspecified atom stereocenters. The van der Waals surface area contributed by atoms with Crippen molar-refractivity contribution in [1.82, 2.24) is 0 Å². The average molecular weight is 265 g/mol. The molecule has 1 aromatic carbocycles. The van der Waals surface area contributed by atoms with E-state index in [2.05, 4.69) is 23.9 Å². The van der Waals surface area contributed by atoms with Crippen molar-refractivity contribution in [3.8, 4) is 0 Å². The van der Waals surface area contributed by atoms with Gasteiger partial charge in [0.15, 0.2) is 5.84 Å². The monoisotopic (exact) mass is 265 g/mol. The summed E-state index contributed by atoms with van der Waals surface area (Å²) < 4.78 is 14.0. The van der Waals surface area contributed by atoms with Crippen LogP contribution < -0.4 is 10.6 Å². The van der Waals surface area contributed by atoms with Gasteiger partial charge in [-0.2, -0.15) is 0 Å². The molecule has 0 radical (unpaired) electrons. The number of nitrogens with two attached hydrogens (primary N) is 1. The topological polar surface area (TPSA) is 61.8 Å². The number of anilines is 1. The second-order valence-corrected chi connectivity index (χ2v) is 5.01. The Balaban J connectivity index is 2.53. The molecule has 1 aliphatic rings. The van der Waals surface area contributed by atoms with Gasteiger partial charge in [-0.1, -0.05) is 18.1 Å². The highest BCUT2D eigenvalue weighted by Gasteiger charge is 2.32. The van der Waals surface area contributed by atoms with E-state index in [0.717, 1.165) is 19.3 Å². The molecular formula is C14H20FN3O. The van der Waals surface area contributed by atoms with Crippen LogP contribution in [0.25, 0.3) is 0 Å². The van der Waals surface area contributed by atoms with Crippen LogP contribution in [-0.2, 0) is 0 Å². The van der Waals surface area contributed by atoms with E-state index in [1.165, 1.54) is 6.07 Å². The quantitative estimate of drug-likeness (QED) is 0.382. The normalized spacial score (nSPS) is 23.9. The van der Waals surface area contributed by atoms with Gasteiger partial charge in [0.25, 0.3) is 0 Å². The summed E-state index contributed by atoms with van der Waals surface area (Å²) >= 11 is 0. The zero-order valence-electron chi connectivity index (χ0n) is 11.3. The van der Waals surface area contributed by atoms with Gasteiger partial charge in [0, 0.05) is 12.1 Å². The first-order valence-corrected chi connectivity index (χ1v) is 6.64. The van der Waals surface area contributed by atoms with Gasteiger partial charge in [0.2, 0.25) is 0 Å². The van der Waals surface area contributed by atoms with Gasteiger partial charge in [-0.25, -0.2) is 4.39 Å². The lowest BCUT2D eigenvalue weighted by atomic mass is 10.1. The van der Waals surface area contributed by atoms with Crippen molar-refractivity contribution in [2.45, 2.75) is 45.2 Å². The molecule has 2 atom stereocenters. The number of benzene rings is 1. The summed E-state index contributed by atoms with van der Waals surface area (Å²) in [5.41, 5.74) is 6.54. The van der Waals surface area contributed by atoms with Gasteiger partial charge in [-0.15, -0.1) is 0 Å². The Morgan fingerprint density at radius 1 is 1.53 bits per heavy atom. The van der Waals surface area contributed by atoms with E-state index < -0.39 is 5.82 Å². The van der Waals surface area contributed by atoms with Gasteiger partial charge in [-0.3, -0.25) is 0 Å². The number of nitrogens with zero attached hydrogens (tertiary/aromatic N) is 2. The molecule has 0 aromatic heterocycles. The Hall–Kier alpha value is -1.78. The number of oxime groups is 1. The van der Waals surface area contributed by atoms with E-state index in [4.69, 9.17) is 10.9 Å². The highest BCUT2D eigenvalue weighted by atomic mass is 19.1. The molecule has 1 aliphatic heterocycles. The fourth-order valence-electron chi connectivity index (χ4n) is 2.94. The summed E-state index contributed by atoms with van der Waals surface area (Å²) in [6, 6.07) is 5.54. The third kappa shape index (κ3) is 2.37. The minimum Gasteiger partial charge on any atom is -0.409 e. The Morgan fingerprint density at radius 2 is 2.26 bits per heavy atom. The molecule has 1 heterocycles. The minimum absolute atomic E-state index is 0.179. The molecule has 4 nitrogen and oxygen atoms in total. The van der Waals surface area contributed by atoms with Crippen LogP contribution in [0.1, 0.15) is 38.7 Å². The van der Waals surface area contributed by atoms with Crippen LogP contribution in [0.3, 0.4) is 0 Å².